The van der Waals surface area contributed by atoms with E-state index in [2.05, 4.69) is 58.1 Å². The lowest BCUT2D eigenvalue weighted by atomic mass is 9.99. The molecule has 4 rings (SSSR count). The third kappa shape index (κ3) is 5.28. The van der Waals surface area contributed by atoms with E-state index in [1.54, 1.807) is 12.7 Å². The standard InChI is InChI=1S/C23H29N5O/c1-18-10-19(2)21(13-28-17-24-16-26-28)11-20(18)12-27(15-23-7-5-9-29-23)14-22-6-3-4-8-25-22/h3-4,6,8,10-11,16-17,23H,5,7,9,12-15H2,1-2H3/t23-/m1/s1. The lowest BCUT2D eigenvalue weighted by Gasteiger charge is -2.26. The Kier molecular flexibility index (Phi) is 6.32. The molecule has 3 aromatic rings. The summed E-state index contributed by atoms with van der Waals surface area (Å²) in [6.45, 7) is 8.63. The summed E-state index contributed by atoms with van der Waals surface area (Å²) < 4.78 is 7.80. The maximum atomic E-state index is 5.92. The molecule has 1 saturated heterocycles. The molecule has 1 fully saturated rings. The molecule has 152 valence electrons. The van der Waals surface area contributed by atoms with Crippen molar-refractivity contribution in [3.05, 3.63) is 77.1 Å². The van der Waals surface area contributed by atoms with Gasteiger partial charge in [-0.05, 0) is 61.1 Å². The van der Waals surface area contributed by atoms with Crippen molar-refractivity contribution in [3.63, 3.8) is 0 Å². The summed E-state index contributed by atoms with van der Waals surface area (Å²) >= 11 is 0. The Labute approximate surface area is 172 Å². The van der Waals surface area contributed by atoms with Gasteiger partial charge in [-0.25, -0.2) is 9.67 Å². The molecule has 29 heavy (non-hydrogen) atoms. The number of ether oxygens (including phenoxy) is 1. The molecule has 0 saturated carbocycles. The Hall–Kier alpha value is -2.57. The zero-order valence-electron chi connectivity index (χ0n) is 17.3. The van der Waals surface area contributed by atoms with Crippen LogP contribution in [0.3, 0.4) is 0 Å². The molecule has 0 spiro atoms. The highest BCUT2D eigenvalue weighted by molar-refractivity contribution is 5.37. The number of hydrogen-bond acceptors (Lipinski definition) is 5. The quantitative estimate of drug-likeness (QED) is 0.588. The Morgan fingerprint density at radius 3 is 2.76 bits per heavy atom. The van der Waals surface area contributed by atoms with Gasteiger partial charge in [0.25, 0.3) is 0 Å². The van der Waals surface area contributed by atoms with E-state index in [0.29, 0.717) is 6.10 Å². The Morgan fingerprint density at radius 1 is 1.14 bits per heavy atom. The van der Waals surface area contributed by atoms with Gasteiger partial charge in [-0.15, -0.1) is 0 Å². The van der Waals surface area contributed by atoms with E-state index in [1.807, 2.05) is 16.9 Å². The van der Waals surface area contributed by atoms with Gasteiger partial charge in [-0.3, -0.25) is 9.88 Å². The topological polar surface area (TPSA) is 56.1 Å². The third-order valence-corrected chi connectivity index (χ3v) is 5.58. The minimum Gasteiger partial charge on any atom is -0.377 e. The highest BCUT2D eigenvalue weighted by Crippen LogP contribution is 2.21. The third-order valence-electron chi connectivity index (χ3n) is 5.58. The Morgan fingerprint density at radius 2 is 2.03 bits per heavy atom. The Balaban J connectivity index is 1.54. The molecule has 2 aromatic heterocycles. The number of rotatable bonds is 8. The zero-order valence-corrected chi connectivity index (χ0v) is 17.3. The zero-order chi connectivity index (χ0) is 20.1. The van der Waals surface area contributed by atoms with Crippen LogP contribution < -0.4 is 0 Å². The van der Waals surface area contributed by atoms with Crippen LogP contribution in [0.25, 0.3) is 0 Å². The molecule has 0 aliphatic carbocycles. The van der Waals surface area contributed by atoms with Crippen LogP contribution in [0, 0.1) is 13.8 Å². The number of nitrogens with zero attached hydrogens (tertiary/aromatic N) is 5. The molecule has 0 bridgehead atoms. The number of hydrogen-bond donors (Lipinski definition) is 0. The summed E-state index contributed by atoms with van der Waals surface area (Å²) in [6, 6.07) is 10.7. The van der Waals surface area contributed by atoms with Crippen molar-refractivity contribution < 1.29 is 4.74 Å². The summed E-state index contributed by atoms with van der Waals surface area (Å²) in [6.07, 6.45) is 7.84. The van der Waals surface area contributed by atoms with Gasteiger partial charge < -0.3 is 4.74 Å². The van der Waals surface area contributed by atoms with E-state index in [9.17, 15) is 0 Å². The number of aryl methyl sites for hydroxylation is 2. The summed E-state index contributed by atoms with van der Waals surface area (Å²) in [7, 11) is 0. The summed E-state index contributed by atoms with van der Waals surface area (Å²) in [5.74, 6) is 0. The smallest absolute Gasteiger partial charge is 0.137 e. The maximum absolute atomic E-state index is 5.92. The van der Waals surface area contributed by atoms with Gasteiger partial charge in [0.2, 0.25) is 0 Å². The van der Waals surface area contributed by atoms with Crippen LogP contribution in [0.1, 0.15) is 40.8 Å². The monoisotopic (exact) mass is 391 g/mol. The average Bonchev–Trinajstić information content (AvgIpc) is 3.40. The number of benzene rings is 1. The predicted octanol–water partition coefficient (Wildman–Crippen LogP) is 3.52. The molecule has 6 heteroatoms. The van der Waals surface area contributed by atoms with Gasteiger partial charge in [0.1, 0.15) is 12.7 Å². The second kappa shape index (κ2) is 9.29. The van der Waals surface area contributed by atoms with Crippen molar-refractivity contribution in [2.45, 2.75) is 52.4 Å². The number of aromatic nitrogens is 4. The maximum Gasteiger partial charge on any atom is 0.137 e. The molecule has 0 amide bonds. The number of pyridine rings is 1. The predicted molar refractivity (Wildman–Crippen MR) is 112 cm³/mol. The fourth-order valence-corrected chi connectivity index (χ4v) is 4.00. The molecule has 0 N–H and O–H groups in total. The minimum absolute atomic E-state index is 0.319. The van der Waals surface area contributed by atoms with Crippen LogP contribution in [0.2, 0.25) is 0 Å². The highest BCUT2D eigenvalue weighted by Gasteiger charge is 2.20. The van der Waals surface area contributed by atoms with Crippen molar-refractivity contribution in [2.75, 3.05) is 13.2 Å². The van der Waals surface area contributed by atoms with Crippen LogP contribution in [-0.2, 0) is 24.4 Å². The second-order valence-electron chi connectivity index (χ2n) is 7.92. The SMILES string of the molecule is Cc1cc(C)c(Cn2cncn2)cc1CN(Cc1ccccn1)C[C@H]1CCCO1. The summed E-state index contributed by atoms with van der Waals surface area (Å²) in [4.78, 5) is 11.1. The van der Waals surface area contributed by atoms with Gasteiger partial charge >= 0.3 is 0 Å². The molecule has 6 nitrogen and oxygen atoms in total. The fourth-order valence-electron chi connectivity index (χ4n) is 4.00. The van der Waals surface area contributed by atoms with Crippen molar-refractivity contribution >= 4 is 0 Å². The van der Waals surface area contributed by atoms with Gasteiger partial charge in [-0.1, -0.05) is 18.2 Å². The molecular formula is C23H29N5O. The highest BCUT2D eigenvalue weighted by atomic mass is 16.5. The molecule has 1 aliphatic heterocycles. The van der Waals surface area contributed by atoms with Crippen LogP contribution >= 0.6 is 0 Å². The molecule has 0 unspecified atom stereocenters. The van der Waals surface area contributed by atoms with Crippen molar-refractivity contribution in [1.82, 2.24) is 24.6 Å². The summed E-state index contributed by atoms with van der Waals surface area (Å²) in [5, 5.41) is 4.26. The Bertz CT molecular complexity index is 905. The van der Waals surface area contributed by atoms with E-state index in [1.165, 1.54) is 22.3 Å². The first-order valence-corrected chi connectivity index (χ1v) is 10.3. The van der Waals surface area contributed by atoms with Crippen LogP contribution in [0.4, 0.5) is 0 Å². The van der Waals surface area contributed by atoms with E-state index >= 15 is 0 Å². The largest absolute Gasteiger partial charge is 0.377 e. The molecule has 1 aliphatic rings. The normalized spacial score (nSPS) is 16.6. The lowest BCUT2D eigenvalue weighted by molar-refractivity contribution is 0.0674. The molecule has 3 heterocycles. The van der Waals surface area contributed by atoms with Gasteiger partial charge in [-0.2, -0.15) is 5.10 Å². The van der Waals surface area contributed by atoms with Crippen LogP contribution in [-0.4, -0.2) is 43.9 Å². The van der Waals surface area contributed by atoms with E-state index in [-0.39, 0.29) is 0 Å². The average molecular weight is 392 g/mol. The minimum atomic E-state index is 0.319. The molecule has 1 atom stereocenters. The van der Waals surface area contributed by atoms with Crippen molar-refractivity contribution in [2.24, 2.45) is 0 Å². The molecule has 1 aromatic carbocycles. The van der Waals surface area contributed by atoms with Gasteiger partial charge in [0, 0.05) is 32.4 Å². The second-order valence-corrected chi connectivity index (χ2v) is 7.92. The van der Waals surface area contributed by atoms with E-state index < -0.39 is 0 Å². The first kappa shape index (κ1) is 19.7. The summed E-state index contributed by atoms with van der Waals surface area (Å²) in [5.41, 5.74) is 6.34. The fraction of sp³-hybridized carbons (Fsp3) is 0.435. The van der Waals surface area contributed by atoms with Gasteiger partial charge in [0.15, 0.2) is 0 Å². The molecular weight excluding hydrogens is 362 g/mol. The van der Waals surface area contributed by atoms with Crippen molar-refractivity contribution in [1.29, 1.82) is 0 Å². The lowest BCUT2D eigenvalue weighted by Crippen LogP contribution is -2.32. The molecule has 0 radical (unpaired) electrons. The van der Waals surface area contributed by atoms with Crippen LogP contribution in [0.15, 0.2) is 49.2 Å². The van der Waals surface area contributed by atoms with Gasteiger partial charge in [0.05, 0.1) is 18.3 Å². The first-order chi connectivity index (χ1) is 14.2. The van der Waals surface area contributed by atoms with E-state index in [0.717, 1.165) is 51.3 Å². The first-order valence-electron chi connectivity index (χ1n) is 10.3. The van der Waals surface area contributed by atoms with E-state index in [4.69, 9.17) is 4.74 Å². The van der Waals surface area contributed by atoms with Crippen LogP contribution in [0.5, 0.6) is 0 Å². The van der Waals surface area contributed by atoms with Crippen molar-refractivity contribution in [3.8, 4) is 0 Å².